The van der Waals surface area contributed by atoms with Gasteiger partial charge in [-0.3, -0.25) is 9.59 Å². The van der Waals surface area contributed by atoms with Crippen LogP contribution in [-0.4, -0.2) is 48.1 Å². The van der Waals surface area contributed by atoms with Crippen molar-refractivity contribution < 1.29 is 14.3 Å². The number of nitrogens with zero attached hydrogens (tertiary/aromatic N) is 1. The molecule has 3 atom stereocenters. The van der Waals surface area contributed by atoms with E-state index in [-0.39, 0.29) is 30.0 Å². The van der Waals surface area contributed by atoms with Gasteiger partial charge in [0.2, 0.25) is 11.8 Å². The van der Waals surface area contributed by atoms with E-state index in [1.54, 1.807) is 4.90 Å². The van der Waals surface area contributed by atoms with Gasteiger partial charge < -0.3 is 15.0 Å². The molecule has 3 unspecified atom stereocenters. The maximum absolute atomic E-state index is 12.5. The van der Waals surface area contributed by atoms with Crippen LogP contribution < -0.4 is 5.32 Å². The number of hydrogen-bond donors (Lipinski definition) is 1. The van der Waals surface area contributed by atoms with E-state index in [1.165, 1.54) is 0 Å². The highest BCUT2D eigenvalue weighted by molar-refractivity contribution is 5.96. The fourth-order valence-corrected chi connectivity index (χ4v) is 3.14. The Morgan fingerprint density at radius 2 is 2.10 bits per heavy atom. The summed E-state index contributed by atoms with van der Waals surface area (Å²) in [7, 11) is 0. The third-order valence-corrected chi connectivity index (χ3v) is 4.26. The third-order valence-electron chi connectivity index (χ3n) is 4.26. The number of amides is 2. The van der Waals surface area contributed by atoms with Crippen LogP contribution in [0, 0.1) is 0 Å². The molecule has 2 aliphatic rings. The highest BCUT2D eigenvalue weighted by Crippen LogP contribution is 2.20. The molecular formula is C15H26N2O3. The highest BCUT2D eigenvalue weighted by Gasteiger charge is 2.39. The minimum atomic E-state index is -0.334. The van der Waals surface area contributed by atoms with Gasteiger partial charge in [0.1, 0.15) is 12.1 Å². The molecule has 5 nitrogen and oxygen atoms in total. The Bertz CT molecular complexity index is 353. The Balaban J connectivity index is 1.99. The number of nitrogens with one attached hydrogen (secondary N) is 1. The average Bonchev–Trinajstić information content (AvgIpc) is 2.94. The summed E-state index contributed by atoms with van der Waals surface area (Å²) in [6, 6.07) is -0.642. The Morgan fingerprint density at radius 3 is 2.70 bits per heavy atom. The van der Waals surface area contributed by atoms with Crippen molar-refractivity contribution in [2.24, 2.45) is 0 Å². The first-order chi connectivity index (χ1) is 9.67. The molecule has 114 valence electrons. The summed E-state index contributed by atoms with van der Waals surface area (Å²) >= 11 is 0. The largest absolute Gasteiger partial charge is 0.378 e. The van der Waals surface area contributed by atoms with E-state index in [0.29, 0.717) is 13.0 Å². The van der Waals surface area contributed by atoms with Crippen LogP contribution in [0.3, 0.4) is 0 Å². The van der Waals surface area contributed by atoms with E-state index in [2.05, 4.69) is 5.32 Å². The molecule has 0 aromatic rings. The number of hydrogen-bond acceptors (Lipinski definition) is 3. The van der Waals surface area contributed by atoms with E-state index >= 15 is 0 Å². The van der Waals surface area contributed by atoms with Crippen molar-refractivity contribution in [1.29, 1.82) is 0 Å². The molecule has 0 radical (unpaired) electrons. The predicted molar refractivity (Wildman–Crippen MR) is 76.2 cm³/mol. The van der Waals surface area contributed by atoms with Crippen LogP contribution in [0.1, 0.15) is 52.4 Å². The van der Waals surface area contributed by atoms with Crippen LogP contribution >= 0.6 is 0 Å². The highest BCUT2D eigenvalue weighted by atomic mass is 16.5. The second-order valence-electron chi connectivity index (χ2n) is 5.73. The summed E-state index contributed by atoms with van der Waals surface area (Å²) in [4.78, 5) is 26.4. The number of rotatable bonds is 6. The molecule has 1 N–H and O–H groups in total. The van der Waals surface area contributed by atoms with Crippen LogP contribution in [0.5, 0.6) is 0 Å². The molecule has 0 aromatic heterocycles. The number of carbonyl (C=O) groups excluding carboxylic acids is 2. The molecule has 2 amide bonds. The summed E-state index contributed by atoms with van der Waals surface area (Å²) in [6.45, 7) is 5.45. The lowest BCUT2D eigenvalue weighted by molar-refractivity contribution is -0.150. The quantitative estimate of drug-likeness (QED) is 0.802. The van der Waals surface area contributed by atoms with Gasteiger partial charge in [-0.2, -0.15) is 0 Å². The Morgan fingerprint density at radius 1 is 1.30 bits per heavy atom. The lowest BCUT2D eigenvalue weighted by Gasteiger charge is -2.39. The van der Waals surface area contributed by atoms with Gasteiger partial charge in [-0.15, -0.1) is 0 Å². The third kappa shape index (κ3) is 3.32. The van der Waals surface area contributed by atoms with Crippen molar-refractivity contribution in [1.82, 2.24) is 10.2 Å². The summed E-state index contributed by atoms with van der Waals surface area (Å²) in [5.41, 5.74) is 0. The topological polar surface area (TPSA) is 58.6 Å². The summed E-state index contributed by atoms with van der Waals surface area (Å²) in [5, 5.41) is 2.86. The fraction of sp³-hybridized carbons (Fsp3) is 0.867. The molecule has 0 aromatic carbocycles. The maximum Gasteiger partial charge on any atom is 0.245 e. The van der Waals surface area contributed by atoms with Gasteiger partial charge >= 0.3 is 0 Å². The van der Waals surface area contributed by atoms with Crippen LogP contribution in [0.4, 0.5) is 0 Å². The van der Waals surface area contributed by atoms with E-state index < -0.39 is 0 Å². The first-order valence-electron chi connectivity index (χ1n) is 7.89. The van der Waals surface area contributed by atoms with E-state index in [9.17, 15) is 9.59 Å². The summed E-state index contributed by atoms with van der Waals surface area (Å²) in [5.74, 6) is 0.0780. The first kappa shape index (κ1) is 15.3. The van der Waals surface area contributed by atoms with Crippen molar-refractivity contribution in [2.75, 3.05) is 13.2 Å². The van der Waals surface area contributed by atoms with Crippen molar-refractivity contribution in [3.63, 3.8) is 0 Å². The van der Waals surface area contributed by atoms with E-state index in [1.807, 2.05) is 13.8 Å². The minimum Gasteiger partial charge on any atom is -0.378 e. The van der Waals surface area contributed by atoms with Crippen LogP contribution in [0.25, 0.3) is 0 Å². The summed E-state index contributed by atoms with van der Waals surface area (Å²) in [6.07, 6.45) is 5.56. The Labute approximate surface area is 121 Å². The van der Waals surface area contributed by atoms with Crippen LogP contribution in [-0.2, 0) is 14.3 Å². The van der Waals surface area contributed by atoms with Gasteiger partial charge in [0.15, 0.2) is 0 Å². The minimum absolute atomic E-state index is 0.00195. The van der Waals surface area contributed by atoms with Gasteiger partial charge in [0.25, 0.3) is 0 Å². The lowest BCUT2D eigenvalue weighted by atomic mass is 10.0. The second kappa shape index (κ2) is 7.07. The van der Waals surface area contributed by atoms with Gasteiger partial charge in [0, 0.05) is 13.2 Å². The average molecular weight is 282 g/mol. The van der Waals surface area contributed by atoms with Gasteiger partial charge in [-0.1, -0.05) is 20.3 Å². The standard InChI is InChI=1S/C15H26N2O3/c1-3-6-12-15(19)17(13(4-2)14(18)16-12)9-8-11-7-5-10-20-11/h11-13H,3-10H2,1-2H3,(H,16,18). The molecule has 5 heteroatoms. The normalized spacial score (nSPS) is 30.7. The smallest absolute Gasteiger partial charge is 0.245 e. The van der Waals surface area contributed by atoms with Crippen molar-refractivity contribution in [2.45, 2.75) is 70.6 Å². The predicted octanol–water partition coefficient (Wildman–Crippen LogP) is 1.46. The molecule has 0 spiro atoms. The maximum atomic E-state index is 12.5. The molecule has 2 heterocycles. The first-order valence-corrected chi connectivity index (χ1v) is 7.89. The zero-order valence-corrected chi connectivity index (χ0v) is 12.6. The molecule has 2 aliphatic heterocycles. The zero-order chi connectivity index (χ0) is 14.5. The monoisotopic (exact) mass is 282 g/mol. The number of ether oxygens (including phenoxy) is 1. The molecule has 2 saturated heterocycles. The van der Waals surface area contributed by atoms with E-state index in [0.717, 1.165) is 38.7 Å². The fourth-order valence-electron chi connectivity index (χ4n) is 3.14. The van der Waals surface area contributed by atoms with Gasteiger partial charge in [0.05, 0.1) is 6.10 Å². The molecule has 0 bridgehead atoms. The number of carbonyl (C=O) groups is 2. The lowest BCUT2D eigenvalue weighted by Crippen LogP contribution is -2.63. The summed E-state index contributed by atoms with van der Waals surface area (Å²) < 4.78 is 5.61. The van der Waals surface area contributed by atoms with Crippen molar-refractivity contribution >= 4 is 11.8 Å². The zero-order valence-electron chi connectivity index (χ0n) is 12.6. The van der Waals surface area contributed by atoms with Crippen molar-refractivity contribution in [3.05, 3.63) is 0 Å². The molecule has 0 saturated carbocycles. The van der Waals surface area contributed by atoms with Crippen LogP contribution in [0.15, 0.2) is 0 Å². The van der Waals surface area contributed by atoms with Crippen LogP contribution in [0.2, 0.25) is 0 Å². The molecular weight excluding hydrogens is 256 g/mol. The number of piperazine rings is 1. The Kier molecular flexibility index (Phi) is 5.40. The molecule has 2 rings (SSSR count). The van der Waals surface area contributed by atoms with Crippen molar-refractivity contribution in [3.8, 4) is 0 Å². The Hall–Kier alpha value is -1.10. The van der Waals surface area contributed by atoms with E-state index in [4.69, 9.17) is 4.74 Å². The molecule has 20 heavy (non-hydrogen) atoms. The SMILES string of the molecule is CCCC1NC(=O)C(CC)N(CCC2CCCO2)C1=O. The molecule has 2 fully saturated rings. The van der Waals surface area contributed by atoms with Gasteiger partial charge in [-0.25, -0.2) is 0 Å². The van der Waals surface area contributed by atoms with Gasteiger partial charge in [-0.05, 0) is 32.1 Å². The molecule has 0 aliphatic carbocycles. The second-order valence-corrected chi connectivity index (χ2v) is 5.73.